The number of aromatic nitrogens is 2. The third kappa shape index (κ3) is 2.59. The molecule has 3 rings (SSSR count). The number of halogens is 1. The maximum atomic E-state index is 12.1. The first-order valence-electron chi connectivity index (χ1n) is 6.54. The lowest BCUT2D eigenvalue weighted by atomic mass is 10.3. The van der Waals surface area contributed by atoms with Gasteiger partial charge in [0.2, 0.25) is 5.91 Å². The molecule has 1 aliphatic heterocycles. The van der Waals surface area contributed by atoms with Gasteiger partial charge in [0, 0.05) is 17.7 Å². The number of piperazine rings is 1. The first-order valence-corrected chi connectivity index (χ1v) is 7.80. The molecule has 1 aliphatic rings. The number of nitrogens with one attached hydrogen (secondary N) is 1. The molecule has 0 spiro atoms. The second kappa shape index (κ2) is 5.55. The SMILES string of the molecule is C[NH+]1CCN(C(=O)/C=C/c2c(Cl)nc3sccn23)CC1. The Morgan fingerprint density at radius 2 is 2.25 bits per heavy atom. The molecule has 1 N–H and O–H groups in total. The molecule has 1 saturated heterocycles. The number of amides is 1. The Bertz CT molecular complexity index is 654. The van der Waals surface area contributed by atoms with Crippen LogP contribution in [0.3, 0.4) is 0 Å². The second-order valence-corrected chi connectivity index (χ2v) is 6.19. The number of rotatable bonds is 2. The van der Waals surface area contributed by atoms with Gasteiger partial charge in [-0.3, -0.25) is 9.20 Å². The molecule has 0 aliphatic carbocycles. The van der Waals surface area contributed by atoms with Gasteiger partial charge in [0.25, 0.3) is 0 Å². The molecule has 0 bridgehead atoms. The number of fused-ring (bicyclic) bond motifs is 1. The predicted molar refractivity (Wildman–Crippen MR) is 80.3 cm³/mol. The van der Waals surface area contributed by atoms with Crippen molar-refractivity contribution in [2.75, 3.05) is 33.2 Å². The largest absolute Gasteiger partial charge is 0.334 e. The Labute approximate surface area is 126 Å². The van der Waals surface area contributed by atoms with Crippen LogP contribution in [0.5, 0.6) is 0 Å². The van der Waals surface area contributed by atoms with Crippen molar-refractivity contribution in [2.45, 2.75) is 0 Å². The third-order valence-corrected chi connectivity index (χ3v) is 4.60. The molecule has 3 heterocycles. The highest BCUT2D eigenvalue weighted by Crippen LogP contribution is 2.22. The van der Waals surface area contributed by atoms with Crippen molar-refractivity contribution in [1.82, 2.24) is 14.3 Å². The van der Waals surface area contributed by atoms with E-state index in [2.05, 4.69) is 12.0 Å². The lowest BCUT2D eigenvalue weighted by Crippen LogP contribution is -3.12. The number of likely N-dealkylation sites (N-methyl/N-ethyl adjacent to an activating group) is 1. The zero-order valence-corrected chi connectivity index (χ0v) is 12.7. The van der Waals surface area contributed by atoms with Crippen molar-refractivity contribution in [3.63, 3.8) is 0 Å². The van der Waals surface area contributed by atoms with E-state index in [0.29, 0.717) is 5.15 Å². The van der Waals surface area contributed by atoms with Crippen LogP contribution in [0.15, 0.2) is 17.7 Å². The molecule has 1 amide bonds. The number of carbonyl (C=O) groups is 1. The molecule has 7 heteroatoms. The van der Waals surface area contributed by atoms with Crippen LogP contribution in [0.25, 0.3) is 11.0 Å². The first-order chi connectivity index (χ1) is 9.65. The van der Waals surface area contributed by atoms with Gasteiger partial charge in [0.15, 0.2) is 10.1 Å². The monoisotopic (exact) mass is 311 g/mol. The highest BCUT2D eigenvalue weighted by molar-refractivity contribution is 7.15. The molecular weight excluding hydrogens is 296 g/mol. The molecule has 1 fully saturated rings. The zero-order valence-electron chi connectivity index (χ0n) is 11.2. The van der Waals surface area contributed by atoms with Gasteiger partial charge in [-0.05, 0) is 6.08 Å². The highest BCUT2D eigenvalue weighted by Gasteiger charge is 2.19. The van der Waals surface area contributed by atoms with E-state index >= 15 is 0 Å². The number of carbonyl (C=O) groups excluding carboxylic acids is 1. The third-order valence-electron chi connectivity index (χ3n) is 3.57. The molecule has 0 saturated carbocycles. The molecule has 20 heavy (non-hydrogen) atoms. The lowest BCUT2D eigenvalue weighted by molar-refractivity contribution is -0.883. The predicted octanol–water partition coefficient (Wildman–Crippen LogP) is 0.419. The maximum Gasteiger partial charge on any atom is 0.247 e. The molecule has 0 unspecified atom stereocenters. The van der Waals surface area contributed by atoms with Gasteiger partial charge in [-0.25, -0.2) is 4.98 Å². The molecule has 106 valence electrons. The fourth-order valence-corrected chi connectivity index (χ4v) is 3.30. The van der Waals surface area contributed by atoms with Gasteiger partial charge in [-0.15, -0.1) is 11.3 Å². The number of quaternary nitrogens is 1. The Kier molecular flexibility index (Phi) is 3.78. The fourth-order valence-electron chi connectivity index (χ4n) is 2.29. The van der Waals surface area contributed by atoms with Gasteiger partial charge < -0.3 is 9.80 Å². The van der Waals surface area contributed by atoms with Crippen LogP contribution >= 0.6 is 22.9 Å². The quantitative estimate of drug-likeness (QED) is 0.817. The van der Waals surface area contributed by atoms with Crippen LogP contribution in [0.4, 0.5) is 0 Å². The van der Waals surface area contributed by atoms with Crippen molar-refractivity contribution in [3.8, 4) is 0 Å². The average Bonchev–Trinajstić information content (AvgIpc) is 2.98. The van der Waals surface area contributed by atoms with E-state index in [1.807, 2.05) is 20.9 Å². The van der Waals surface area contributed by atoms with Gasteiger partial charge in [0.1, 0.15) is 0 Å². The summed E-state index contributed by atoms with van der Waals surface area (Å²) in [4.78, 5) is 20.6. The standard InChI is InChI=1S/C13H15ClN4OS/c1-16-4-6-17(7-5-16)11(19)3-2-10-12(14)15-13-18(10)8-9-20-13/h2-3,8-9H,4-7H2,1H3/p+1/b3-2+. The first kappa shape index (κ1) is 13.6. The molecule has 2 aromatic rings. The molecule has 0 aromatic carbocycles. The number of hydrogen-bond acceptors (Lipinski definition) is 3. The molecule has 0 radical (unpaired) electrons. The highest BCUT2D eigenvalue weighted by atomic mass is 35.5. The summed E-state index contributed by atoms with van der Waals surface area (Å²) in [5.74, 6) is 0.0405. The molecule has 2 aromatic heterocycles. The van der Waals surface area contributed by atoms with Crippen molar-refractivity contribution in [3.05, 3.63) is 28.5 Å². The van der Waals surface area contributed by atoms with Gasteiger partial charge in [-0.2, -0.15) is 0 Å². The van der Waals surface area contributed by atoms with E-state index in [-0.39, 0.29) is 5.91 Å². The van der Waals surface area contributed by atoms with Crippen molar-refractivity contribution < 1.29 is 9.69 Å². The smallest absolute Gasteiger partial charge is 0.247 e. The zero-order chi connectivity index (χ0) is 14.1. The molecule has 0 atom stereocenters. The van der Waals surface area contributed by atoms with Crippen LogP contribution in [0.2, 0.25) is 5.15 Å². The van der Waals surface area contributed by atoms with E-state index in [9.17, 15) is 4.79 Å². The average molecular weight is 312 g/mol. The van der Waals surface area contributed by atoms with Crippen LogP contribution < -0.4 is 4.90 Å². The van der Waals surface area contributed by atoms with Gasteiger partial charge in [0.05, 0.1) is 38.9 Å². The topological polar surface area (TPSA) is 42.0 Å². The van der Waals surface area contributed by atoms with E-state index in [4.69, 9.17) is 11.6 Å². The van der Waals surface area contributed by atoms with E-state index < -0.39 is 0 Å². The number of hydrogen-bond donors (Lipinski definition) is 1. The minimum Gasteiger partial charge on any atom is -0.334 e. The van der Waals surface area contributed by atoms with E-state index in [1.54, 1.807) is 12.2 Å². The number of imidazole rings is 1. The second-order valence-electron chi connectivity index (χ2n) is 4.96. The normalized spacial score (nSPS) is 17.4. The van der Waals surface area contributed by atoms with E-state index in [0.717, 1.165) is 36.8 Å². The summed E-state index contributed by atoms with van der Waals surface area (Å²) >= 11 is 7.61. The van der Waals surface area contributed by atoms with Gasteiger partial charge in [-0.1, -0.05) is 11.6 Å². The van der Waals surface area contributed by atoms with Crippen LogP contribution in [0, 0.1) is 0 Å². The summed E-state index contributed by atoms with van der Waals surface area (Å²) in [5, 5.41) is 2.38. The Morgan fingerprint density at radius 3 is 3.00 bits per heavy atom. The van der Waals surface area contributed by atoms with Gasteiger partial charge >= 0.3 is 0 Å². The summed E-state index contributed by atoms with van der Waals surface area (Å²) in [5.41, 5.74) is 0.760. The maximum absolute atomic E-state index is 12.1. The Balaban J connectivity index is 1.75. The summed E-state index contributed by atoms with van der Waals surface area (Å²) in [6, 6.07) is 0. The fraction of sp³-hybridized carbons (Fsp3) is 0.385. The summed E-state index contributed by atoms with van der Waals surface area (Å²) < 4.78 is 1.89. The van der Waals surface area contributed by atoms with Crippen molar-refractivity contribution in [1.29, 1.82) is 0 Å². The minimum absolute atomic E-state index is 0.0405. The van der Waals surface area contributed by atoms with Crippen LogP contribution in [0.1, 0.15) is 5.69 Å². The Morgan fingerprint density at radius 1 is 1.50 bits per heavy atom. The van der Waals surface area contributed by atoms with Crippen LogP contribution in [-0.2, 0) is 4.79 Å². The minimum atomic E-state index is 0.0405. The molecular formula is C13H16ClN4OS+. The number of nitrogens with zero attached hydrogens (tertiary/aromatic N) is 3. The van der Waals surface area contributed by atoms with Crippen LogP contribution in [-0.4, -0.2) is 53.4 Å². The molecule has 5 nitrogen and oxygen atoms in total. The summed E-state index contributed by atoms with van der Waals surface area (Å²) in [6.07, 6.45) is 5.25. The summed E-state index contributed by atoms with van der Waals surface area (Å²) in [7, 11) is 2.15. The van der Waals surface area contributed by atoms with Crippen molar-refractivity contribution in [2.24, 2.45) is 0 Å². The number of thiazole rings is 1. The summed E-state index contributed by atoms with van der Waals surface area (Å²) in [6.45, 7) is 3.62. The lowest BCUT2D eigenvalue weighted by Gasteiger charge is -2.29. The van der Waals surface area contributed by atoms with E-state index in [1.165, 1.54) is 16.2 Å². The Hall–Kier alpha value is -1.37. The van der Waals surface area contributed by atoms with Crippen molar-refractivity contribution >= 4 is 39.9 Å².